The first-order valence-electron chi connectivity index (χ1n) is 8.01. The number of urea groups is 1. The molecule has 2 heterocycles. The van der Waals surface area contributed by atoms with Crippen molar-refractivity contribution in [3.63, 3.8) is 0 Å². The van der Waals surface area contributed by atoms with Crippen molar-refractivity contribution in [1.82, 2.24) is 20.1 Å². The summed E-state index contributed by atoms with van der Waals surface area (Å²) < 4.78 is 2.08. The van der Waals surface area contributed by atoms with Gasteiger partial charge in [-0.1, -0.05) is 6.07 Å². The Morgan fingerprint density at radius 1 is 1.35 bits per heavy atom. The van der Waals surface area contributed by atoms with Crippen LogP contribution in [0.2, 0.25) is 0 Å². The smallest absolute Gasteiger partial charge is 0.320 e. The Morgan fingerprint density at radius 2 is 2.17 bits per heavy atom. The molecule has 0 unspecified atom stereocenters. The number of fused-ring (bicyclic) bond motifs is 1. The number of pyridine rings is 1. The maximum Gasteiger partial charge on any atom is 0.320 e. The molecule has 0 aromatic carbocycles. The van der Waals surface area contributed by atoms with E-state index in [-0.39, 0.29) is 17.6 Å². The van der Waals surface area contributed by atoms with E-state index < -0.39 is 0 Å². The molecule has 0 saturated heterocycles. The molecule has 1 aliphatic carbocycles. The molecule has 0 spiro atoms. The predicted molar refractivity (Wildman–Crippen MR) is 89.3 cm³/mol. The van der Waals surface area contributed by atoms with Crippen molar-refractivity contribution in [1.29, 1.82) is 0 Å². The van der Waals surface area contributed by atoms with Gasteiger partial charge in [-0.15, -0.1) is 0 Å². The van der Waals surface area contributed by atoms with Crippen molar-refractivity contribution in [2.24, 2.45) is 0 Å². The minimum Gasteiger partial charge on any atom is -0.331 e. The largest absolute Gasteiger partial charge is 0.331 e. The third-order valence-electron chi connectivity index (χ3n) is 4.03. The number of carbonyl (C=O) groups is 1. The van der Waals surface area contributed by atoms with Crippen molar-refractivity contribution in [3.8, 4) is 0 Å². The van der Waals surface area contributed by atoms with Gasteiger partial charge in [0.15, 0.2) is 0 Å². The van der Waals surface area contributed by atoms with E-state index in [1.807, 2.05) is 18.3 Å². The Kier molecular flexibility index (Phi) is 4.07. The zero-order chi connectivity index (χ0) is 16.4. The third kappa shape index (κ3) is 3.36. The zero-order valence-electron chi connectivity index (χ0n) is 13.8. The number of amides is 2. The normalized spacial score (nSPS) is 17.4. The van der Waals surface area contributed by atoms with Gasteiger partial charge in [-0.2, -0.15) is 5.10 Å². The lowest BCUT2D eigenvalue weighted by atomic mass is 9.92. The van der Waals surface area contributed by atoms with E-state index >= 15 is 0 Å². The maximum absolute atomic E-state index is 12.2. The third-order valence-corrected chi connectivity index (χ3v) is 4.03. The lowest BCUT2D eigenvalue weighted by Gasteiger charge is -2.28. The molecule has 0 radical (unpaired) electrons. The molecule has 2 N–H and O–H groups in total. The van der Waals surface area contributed by atoms with Gasteiger partial charge in [-0.3, -0.25) is 10.00 Å². The van der Waals surface area contributed by atoms with Gasteiger partial charge in [0, 0.05) is 17.5 Å². The molecule has 6 heteroatoms. The van der Waals surface area contributed by atoms with Crippen LogP contribution in [0.1, 0.15) is 50.9 Å². The number of hydrogen-bond donors (Lipinski definition) is 2. The summed E-state index contributed by atoms with van der Waals surface area (Å²) in [6.45, 7) is 6.43. The Balaban J connectivity index is 1.74. The standard InChI is InChI=1S/C17H23N5O/c1-17(2,3)22-14-8-6-7-13(12(14)11-19-22)20-16(23)21-15-9-4-5-10-18-15/h4-5,9-11,13H,6-8H2,1-3H3,(H2,18,20,21,23)/t13-/m0/s1. The van der Waals surface area contributed by atoms with Crippen molar-refractivity contribution < 1.29 is 4.79 Å². The average Bonchev–Trinajstić information content (AvgIpc) is 2.93. The molecule has 3 rings (SSSR count). The molecule has 2 aromatic rings. The zero-order valence-corrected chi connectivity index (χ0v) is 13.8. The van der Waals surface area contributed by atoms with Gasteiger partial charge >= 0.3 is 6.03 Å². The molecule has 122 valence electrons. The van der Waals surface area contributed by atoms with Gasteiger partial charge in [0.25, 0.3) is 0 Å². The van der Waals surface area contributed by atoms with Crippen molar-refractivity contribution in [3.05, 3.63) is 41.9 Å². The van der Waals surface area contributed by atoms with E-state index in [1.54, 1.807) is 12.3 Å². The van der Waals surface area contributed by atoms with E-state index in [9.17, 15) is 4.79 Å². The van der Waals surface area contributed by atoms with Gasteiger partial charge in [0.2, 0.25) is 0 Å². The van der Waals surface area contributed by atoms with Crippen molar-refractivity contribution >= 4 is 11.8 Å². The van der Waals surface area contributed by atoms with E-state index in [0.717, 1.165) is 24.8 Å². The summed E-state index contributed by atoms with van der Waals surface area (Å²) in [5, 5.41) is 10.4. The van der Waals surface area contributed by atoms with Crippen LogP contribution in [-0.4, -0.2) is 20.8 Å². The highest BCUT2D eigenvalue weighted by molar-refractivity contribution is 5.88. The minimum absolute atomic E-state index is 0.00133. The monoisotopic (exact) mass is 313 g/mol. The van der Waals surface area contributed by atoms with Crippen molar-refractivity contribution in [2.75, 3.05) is 5.32 Å². The highest BCUT2D eigenvalue weighted by Crippen LogP contribution is 2.32. The van der Waals surface area contributed by atoms with E-state index in [2.05, 4.69) is 46.2 Å². The lowest BCUT2D eigenvalue weighted by molar-refractivity contribution is 0.246. The van der Waals surface area contributed by atoms with Crippen LogP contribution in [0.5, 0.6) is 0 Å². The second-order valence-corrected chi connectivity index (χ2v) is 6.89. The van der Waals surface area contributed by atoms with E-state index in [1.165, 1.54) is 5.69 Å². The van der Waals surface area contributed by atoms with Crippen LogP contribution in [0, 0.1) is 0 Å². The molecule has 6 nitrogen and oxygen atoms in total. The molecular weight excluding hydrogens is 290 g/mol. The molecule has 1 atom stereocenters. The second kappa shape index (κ2) is 6.02. The first-order valence-corrected chi connectivity index (χ1v) is 8.01. The van der Waals surface area contributed by atoms with Crippen LogP contribution in [0.4, 0.5) is 10.6 Å². The number of rotatable bonds is 2. The fourth-order valence-corrected chi connectivity index (χ4v) is 3.03. The number of nitrogens with one attached hydrogen (secondary N) is 2. The minimum atomic E-state index is -0.231. The van der Waals surface area contributed by atoms with Gasteiger partial charge < -0.3 is 5.32 Å². The number of anilines is 1. The Labute approximate surface area is 136 Å². The average molecular weight is 313 g/mol. The SMILES string of the molecule is CC(C)(C)n1ncc2c1CCC[C@@H]2NC(=O)Nc1ccccn1. The maximum atomic E-state index is 12.2. The molecule has 0 fully saturated rings. The number of carbonyl (C=O) groups excluding carboxylic acids is 1. The van der Waals surface area contributed by atoms with Gasteiger partial charge in [0.1, 0.15) is 5.82 Å². The van der Waals surface area contributed by atoms with Gasteiger partial charge in [0.05, 0.1) is 17.8 Å². The number of nitrogens with zero attached hydrogens (tertiary/aromatic N) is 3. The first-order chi connectivity index (χ1) is 10.9. The quantitative estimate of drug-likeness (QED) is 0.894. The van der Waals surface area contributed by atoms with Crippen LogP contribution in [0.3, 0.4) is 0 Å². The lowest BCUT2D eigenvalue weighted by Crippen LogP contribution is -2.35. The molecule has 0 bridgehead atoms. The van der Waals surface area contributed by atoms with Gasteiger partial charge in [-0.05, 0) is 52.2 Å². The fourth-order valence-electron chi connectivity index (χ4n) is 3.03. The summed E-state index contributed by atoms with van der Waals surface area (Å²) >= 11 is 0. The highest BCUT2D eigenvalue weighted by atomic mass is 16.2. The summed E-state index contributed by atoms with van der Waals surface area (Å²) in [5.41, 5.74) is 2.31. The topological polar surface area (TPSA) is 71.8 Å². The second-order valence-electron chi connectivity index (χ2n) is 6.89. The highest BCUT2D eigenvalue weighted by Gasteiger charge is 2.28. The molecule has 2 aromatic heterocycles. The van der Waals surface area contributed by atoms with Crippen LogP contribution in [0.15, 0.2) is 30.6 Å². The first kappa shape index (κ1) is 15.5. The molecule has 2 amide bonds. The van der Waals surface area contributed by atoms with Crippen LogP contribution >= 0.6 is 0 Å². The Hall–Kier alpha value is -2.37. The van der Waals surface area contributed by atoms with Crippen LogP contribution in [-0.2, 0) is 12.0 Å². The van der Waals surface area contributed by atoms with Gasteiger partial charge in [-0.25, -0.2) is 9.78 Å². The Morgan fingerprint density at radius 3 is 2.87 bits per heavy atom. The van der Waals surface area contributed by atoms with Crippen molar-refractivity contribution in [2.45, 2.75) is 51.6 Å². The summed E-state index contributed by atoms with van der Waals surface area (Å²) in [7, 11) is 0. The van der Waals surface area contributed by atoms with E-state index in [0.29, 0.717) is 5.82 Å². The Bertz CT molecular complexity index is 687. The van der Waals surface area contributed by atoms with Crippen LogP contribution in [0.25, 0.3) is 0 Å². The molecule has 23 heavy (non-hydrogen) atoms. The summed E-state index contributed by atoms with van der Waals surface area (Å²) in [6.07, 6.45) is 6.53. The number of aromatic nitrogens is 3. The predicted octanol–water partition coefficient (Wildman–Crippen LogP) is 3.23. The molecule has 0 aliphatic heterocycles. The van der Waals surface area contributed by atoms with E-state index in [4.69, 9.17) is 0 Å². The number of hydrogen-bond acceptors (Lipinski definition) is 3. The fraction of sp³-hybridized carbons (Fsp3) is 0.471. The molecular formula is C17H23N5O. The summed E-state index contributed by atoms with van der Waals surface area (Å²) in [4.78, 5) is 16.3. The molecule has 1 aliphatic rings. The summed E-state index contributed by atoms with van der Waals surface area (Å²) in [6, 6.07) is 5.19. The summed E-state index contributed by atoms with van der Waals surface area (Å²) in [5.74, 6) is 0.548. The molecule has 0 saturated carbocycles. The van der Waals surface area contributed by atoms with Crippen LogP contribution < -0.4 is 10.6 Å².